The van der Waals surface area contributed by atoms with Gasteiger partial charge in [-0.25, -0.2) is 0 Å². The zero-order chi connectivity index (χ0) is 8.44. The van der Waals surface area contributed by atoms with E-state index in [1.807, 2.05) is 11.8 Å². The highest BCUT2D eigenvalue weighted by molar-refractivity contribution is 7.99. The molecular formula is C9H17ClFNS. The normalized spacial score (nSPS) is 31.6. The molecule has 0 bridgehead atoms. The van der Waals surface area contributed by atoms with Crippen molar-refractivity contribution < 1.29 is 4.39 Å². The number of rotatable bonds is 1. The number of hydrogen-bond donors (Lipinski definition) is 1. The van der Waals surface area contributed by atoms with Gasteiger partial charge in [0.25, 0.3) is 0 Å². The minimum atomic E-state index is -0.127. The fraction of sp³-hybridized carbons (Fsp3) is 1.00. The van der Waals surface area contributed by atoms with E-state index in [1.54, 1.807) is 0 Å². The lowest BCUT2D eigenvalue weighted by molar-refractivity contribution is 0.170. The lowest BCUT2D eigenvalue weighted by Crippen LogP contribution is -2.35. The van der Waals surface area contributed by atoms with Gasteiger partial charge in [0.2, 0.25) is 0 Å². The van der Waals surface area contributed by atoms with Crippen molar-refractivity contribution in [3.8, 4) is 0 Å². The number of hydrogen-bond acceptors (Lipinski definition) is 2. The van der Waals surface area contributed by atoms with Crippen molar-refractivity contribution in [1.82, 2.24) is 5.32 Å². The first-order valence-corrected chi connectivity index (χ1v) is 5.87. The highest BCUT2D eigenvalue weighted by atomic mass is 35.5. The van der Waals surface area contributed by atoms with Crippen LogP contribution in [0.5, 0.6) is 0 Å². The topological polar surface area (TPSA) is 12.0 Å². The van der Waals surface area contributed by atoms with E-state index in [0.717, 1.165) is 13.1 Å². The van der Waals surface area contributed by atoms with Gasteiger partial charge in [-0.15, -0.1) is 12.4 Å². The van der Waals surface area contributed by atoms with E-state index >= 15 is 0 Å². The molecule has 0 aromatic heterocycles. The zero-order valence-electron chi connectivity index (χ0n) is 7.72. The monoisotopic (exact) mass is 225 g/mol. The van der Waals surface area contributed by atoms with Gasteiger partial charge >= 0.3 is 0 Å². The zero-order valence-corrected chi connectivity index (χ0v) is 9.35. The smallest absolute Gasteiger partial charge is 0.0940 e. The maximum atomic E-state index is 12.7. The molecule has 1 atom stereocenters. The fourth-order valence-electron chi connectivity index (χ4n) is 2.44. The van der Waals surface area contributed by atoms with E-state index in [2.05, 4.69) is 5.32 Å². The largest absolute Gasteiger partial charge is 0.316 e. The van der Waals surface area contributed by atoms with Gasteiger partial charge in [-0.1, -0.05) is 0 Å². The van der Waals surface area contributed by atoms with Crippen molar-refractivity contribution in [1.29, 1.82) is 0 Å². The molecular weight excluding hydrogens is 209 g/mol. The molecule has 0 aromatic rings. The molecule has 1 nitrogen and oxygen atoms in total. The molecule has 2 saturated heterocycles. The molecule has 0 aliphatic carbocycles. The Kier molecular flexibility index (Phi) is 4.33. The molecule has 13 heavy (non-hydrogen) atoms. The van der Waals surface area contributed by atoms with Crippen LogP contribution in [-0.4, -0.2) is 31.3 Å². The van der Waals surface area contributed by atoms with Crippen molar-refractivity contribution in [2.75, 3.05) is 31.3 Å². The van der Waals surface area contributed by atoms with E-state index in [1.165, 1.54) is 24.3 Å². The quantitative estimate of drug-likeness (QED) is 0.734. The van der Waals surface area contributed by atoms with Crippen LogP contribution in [0.4, 0.5) is 4.39 Å². The molecule has 1 unspecified atom stereocenters. The van der Waals surface area contributed by atoms with Crippen LogP contribution in [-0.2, 0) is 0 Å². The number of thioether (sulfide) groups is 1. The molecule has 1 spiro atoms. The summed E-state index contributed by atoms with van der Waals surface area (Å²) in [6.07, 6.45) is 2.44. The van der Waals surface area contributed by atoms with Crippen LogP contribution < -0.4 is 5.32 Å². The van der Waals surface area contributed by atoms with E-state index in [4.69, 9.17) is 0 Å². The van der Waals surface area contributed by atoms with Gasteiger partial charge in [0.15, 0.2) is 0 Å². The van der Waals surface area contributed by atoms with E-state index in [0.29, 0.717) is 11.3 Å². The summed E-state index contributed by atoms with van der Waals surface area (Å²) in [4.78, 5) is 0. The summed E-state index contributed by atoms with van der Waals surface area (Å²) in [5.74, 6) is 2.77. The summed E-state index contributed by atoms with van der Waals surface area (Å²) in [5.41, 5.74) is 0.333. The second-order valence-electron chi connectivity index (χ2n) is 3.96. The van der Waals surface area contributed by atoms with Gasteiger partial charge in [0.1, 0.15) is 0 Å². The average Bonchev–Trinajstić information content (AvgIpc) is 2.49. The van der Waals surface area contributed by atoms with Crippen molar-refractivity contribution >= 4 is 24.2 Å². The molecule has 0 radical (unpaired) electrons. The molecule has 4 heteroatoms. The Labute approximate surface area is 89.6 Å². The molecule has 2 rings (SSSR count). The third-order valence-corrected chi connectivity index (χ3v) is 4.39. The lowest BCUT2D eigenvalue weighted by Gasteiger charge is -2.36. The van der Waals surface area contributed by atoms with Gasteiger partial charge < -0.3 is 5.32 Å². The highest BCUT2D eigenvalue weighted by Gasteiger charge is 2.43. The Morgan fingerprint density at radius 1 is 1.38 bits per heavy atom. The Bertz CT molecular complexity index is 162. The molecule has 0 amide bonds. The maximum Gasteiger partial charge on any atom is 0.0940 e. The van der Waals surface area contributed by atoms with Gasteiger partial charge in [-0.3, -0.25) is 4.39 Å². The molecule has 2 heterocycles. The van der Waals surface area contributed by atoms with Gasteiger partial charge in [0, 0.05) is 19.0 Å². The van der Waals surface area contributed by atoms with Gasteiger partial charge in [-0.05, 0) is 29.8 Å². The summed E-state index contributed by atoms with van der Waals surface area (Å²) in [5, 5.41) is 3.33. The molecule has 2 aliphatic rings. The molecule has 2 aliphatic heterocycles. The standard InChI is InChI=1S/C9H16FNS.ClH/c10-5-8-6-11-7-9(8)1-3-12-4-2-9;/h8,11H,1-7H2;1H. The number of alkyl halides is 1. The van der Waals surface area contributed by atoms with E-state index in [-0.39, 0.29) is 19.1 Å². The first-order valence-electron chi connectivity index (χ1n) is 4.72. The highest BCUT2D eigenvalue weighted by Crippen LogP contribution is 2.43. The van der Waals surface area contributed by atoms with Crippen LogP contribution in [0.1, 0.15) is 12.8 Å². The Morgan fingerprint density at radius 2 is 2.08 bits per heavy atom. The Balaban J connectivity index is 0.000000845. The molecule has 0 saturated carbocycles. The lowest BCUT2D eigenvalue weighted by atomic mass is 9.74. The van der Waals surface area contributed by atoms with Gasteiger partial charge in [-0.2, -0.15) is 11.8 Å². The van der Waals surface area contributed by atoms with Crippen LogP contribution in [0.3, 0.4) is 0 Å². The third-order valence-electron chi connectivity index (χ3n) is 3.41. The van der Waals surface area contributed by atoms with E-state index < -0.39 is 0 Å². The first-order chi connectivity index (χ1) is 5.87. The summed E-state index contributed by atoms with van der Waals surface area (Å²) < 4.78 is 12.7. The Morgan fingerprint density at radius 3 is 2.69 bits per heavy atom. The number of halogens is 2. The maximum absolute atomic E-state index is 12.7. The number of nitrogens with one attached hydrogen (secondary N) is 1. The van der Waals surface area contributed by atoms with Crippen LogP contribution in [0.25, 0.3) is 0 Å². The SMILES string of the molecule is Cl.FCC1CNCC12CCSCC2. The summed E-state index contributed by atoms with van der Waals surface area (Å²) >= 11 is 2.02. The minimum Gasteiger partial charge on any atom is -0.316 e. The second kappa shape index (κ2) is 4.85. The minimum absolute atomic E-state index is 0. The molecule has 78 valence electrons. The second-order valence-corrected chi connectivity index (χ2v) is 5.18. The molecule has 0 aromatic carbocycles. The molecule has 1 N–H and O–H groups in total. The summed E-state index contributed by atoms with van der Waals surface area (Å²) in [6.45, 7) is 1.83. The first kappa shape index (κ1) is 11.6. The van der Waals surface area contributed by atoms with Gasteiger partial charge in [0.05, 0.1) is 6.67 Å². The molecule has 2 fully saturated rings. The van der Waals surface area contributed by atoms with Crippen molar-refractivity contribution in [2.24, 2.45) is 11.3 Å². The van der Waals surface area contributed by atoms with Crippen molar-refractivity contribution in [3.63, 3.8) is 0 Å². The fourth-order valence-corrected chi connectivity index (χ4v) is 3.74. The van der Waals surface area contributed by atoms with Crippen LogP contribution in [0.15, 0.2) is 0 Å². The predicted molar refractivity (Wildman–Crippen MR) is 58.6 cm³/mol. The van der Waals surface area contributed by atoms with Crippen molar-refractivity contribution in [3.05, 3.63) is 0 Å². The van der Waals surface area contributed by atoms with Crippen molar-refractivity contribution in [2.45, 2.75) is 12.8 Å². The summed E-state index contributed by atoms with van der Waals surface area (Å²) in [6, 6.07) is 0. The van der Waals surface area contributed by atoms with Crippen LogP contribution >= 0.6 is 24.2 Å². The Hall–Kier alpha value is 0.530. The third kappa shape index (κ3) is 2.13. The summed E-state index contributed by atoms with van der Waals surface area (Å²) in [7, 11) is 0. The van der Waals surface area contributed by atoms with E-state index in [9.17, 15) is 4.39 Å². The predicted octanol–water partition coefficient (Wildman–Crippen LogP) is 2.11. The average molecular weight is 226 g/mol. The van der Waals surface area contributed by atoms with Crippen LogP contribution in [0.2, 0.25) is 0 Å². The van der Waals surface area contributed by atoms with Crippen LogP contribution in [0, 0.1) is 11.3 Å².